The van der Waals surface area contributed by atoms with Gasteiger partial charge in [-0.2, -0.15) is 0 Å². The van der Waals surface area contributed by atoms with Crippen LogP contribution < -0.4 is 21.5 Å². The third-order valence-electron chi connectivity index (χ3n) is 6.76. The zero-order valence-corrected chi connectivity index (χ0v) is 23.6. The van der Waals surface area contributed by atoms with E-state index in [0.717, 1.165) is 0 Å². The minimum absolute atomic E-state index is 0. The zero-order chi connectivity index (χ0) is 21.7. The fourth-order valence-corrected chi connectivity index (χ4v) is 4.55. The fourth-order valence-electron chi connectivity index (χ4n) is 4.55. The Morgan fingerprint density at radius 3 is 1.41 bits per heavy atom. The molecule has 0 aliphatic rings. The van der Waals surface area contributed by atoms with Gasteiger partial charge in [0.25, 0.3) is 5.82 Å². The summed E-state index contributed by atoms with van der Waals surface area (Å²) in [5, 5.41) is 0. The molecular weight excluding hydrogens is 460 g/mol. The Hall–Kier alpha value is -0.350. The first-order chi connectivity index (χ1) is 14.8. The van der Waals surface area contributed by atoms with Gasteiger partial charge in [-0.1, -0.05) is 117 Å². The lowest BCUT2D eigenvalue weighted by Gasteiger charge is -2.04. The normalized spacial score (nSPS) is 10.7. The van der Waals surface area contributed by atoms with Gasteiger partial charge in [0.2, 0.25) is 0 Å². The summed E-state index contributed by atoms with van der Waals surface area (Å²) in [6, 6.07) is 0. The average molecular weight is 518 g/mol. The molecule has 192 valence electrons. The number of hydrogen-bond acceptors (Lipinski definition) is 0. The quantitative estimate of drug-likeness (QED) is 0.152. The highest BCUT2D eigenvalue weighted by Crippen LogP contribution is 2.12. The topological polar surface area (TPSA) is 40.3 Å². The maximum absolute atomic E-state index is 2.47. The van der Waals surface area contributed by atoms with Crippen LogP contribution >= 0.6 is 0 Å². The van der Waals surface area contributed by atoms with Crippen molar-refractivity contribution in [2.45, 2.75) is 162 Å². The van der Waals surface area contributed by atoms with Crippen LogP contribution in [0, 0.1) is 6.92 Å². The molecule has 0 radical (unpaired) electrons. The molecule has 1 rings (SSSR count). The maximum Gasteiger partial charge on any atom is 0.253 e. The lowest BCUT2D eigenvalue weighted by Crippen LogP contribution is -3.00. The van der Waals surface area contributed by atoms with E-state index in [1.165, 1.54) is 147 Å². The Kier molecular flexibility index (Phi) is 26.7. The number of aromatic nitrogens is 2. The van der Waals surface area contributed by atoms with Crippen LogP contribution in [0.4, 0.5) is 0 Å². The van der Waals surface area contributed by atoms with Crippen molar-refractivity contribution < 1.29 is 27.0 Å². The van der Waals surface area contributed by atoms with E-state index in [9.17, 15) is 0 Å². The molecular formula is C28H57BrN2O. The van der Waals surface area contributed by atoms with Gasteiger partial charge in [0.05, 0.1) is 13.1 Å². The third kappa shape index (κ3) is 18.1. The molecule has 32 heavy (non-hydrogen) atoms. The highest BCUT2D eigenvalue weighted by Gasteiger charge is 2.11. The number of aryl methyl sites for hydroxylation is 2. The van der Waals surface area contributed by atoms with E-state index in [-0.39, 0.29) is 22.5 Å². The van der Waals surface area contributed by atoms with E-state index in [4.69, 9.17) is 0 Å². The molecule has 1 aromatic rings. The summed E-state index contributed by atoms with van der Waals surface area (Å²) in [6.45, 7) is 9.30. The number of hydrogen-bond donors (Lipinski definition) is 0. The summed E-state index contributed by atoms with van der Waals surface area (Å²) in [7, 11) is 0. The molecule has 0 fully saturated rings. The molecule has 0 bridgehead atoms. The molecule has 0 saturated carbocycles. The number of imidazole rings is 1. The largest absolute Gasteiger partial charge is 1.00 e. The molecule has 0 aliphatic carbocycles. The van der Waals surface area contributed by atoms with E-state index in [1.54, 1.807) is 0 Å². The van der Waals surface area contributed by atoms with Crippen molar-refractivity contribution in [1.82, 2.24) is 4.57 Å². The molecule has 0 aliphatic heterocycles. The van der Waals surface area contributed by atoms with Gasteiger partial charge in [-0.05, 0) is 25.7 Å². The van der Waals surface area contributed by atoms with Crippen molar-refractivity contribution >= 4 is 0 Å². The first-order valence-electron chi connectivity index (χ1n) is 13.8. The summed E-state index contributed by atoms with van der Waals surface area (Å²) >= 11 is 0. The molecule has 0 atom stereocenters. The van der Waals surface area contributed by atoms with Crippen LogP contribution in [-0.2, 0) is 13.1 Å². The molecule has 0 amide bonds. The summed E-state index contributed by atoms with van der Waals surface area (Å²) in [6.07, 6.45) is 33.0. The standard InChI is InChI=1S/C28H55N2.BrH.H2O/c1-4-6-8-10-12-14-16-18-20-22-24-29-26-27-30(28(29)3)25-23-21-19-17-15-13-11-9-7-5-2;;/h26-27H,4-25H2,1-3H3;1H;1H2/q+1;;/p-1. The van der Waals surface area contributed by atoms with Gasteiger partial charge in [0, 0.05) is 6.92 Å². The second-order valence-corrected chi connectivity index (χ2v) is 9.60. The van der Waals surface area contributed by atoms with E-state index in [0.29, 0.717) is 0 Å². The van der Waals surface area contributed by atoms with Gasteiger partial charge in [0.15, 0.2) is 0 Å². The van der Waals surface area contributed by atoms with Gasteiger partial charge in [-0.3, -0.25) is 0 Å². The number of unbranched alkanes of at least 4 members (excludes halogenated alkanes) is 18. The Morgan fingerprint density at radius 2 is 0.969 bits per heavy atom. The fraction of sp³-hybridized carbons (Fsp3) is 0.893. The molecule has 0 aromatic carbocycles. The van der Waals surface area contributed by atoms with Crippen molar-refractivity contribution in [3.8, 4) is 0 Å². The number of halogens is 1. The second kappa shape index (κ2) is 25.3. The predicted octanol–water partition coefficient (Wildman–Crippen LogP) is 5.11. The van der Waals surface area contributed by atoms with Crippen LogP contribution in [0.5, 0.6) is 0 Å². The van der Waals surface area contributed by atoms with E-state index in [1.807, 2.05) is 0 Å². The summed E-state index contributed by atoms with van der Waals surface area (Å²) in [5.74, 6) is 1.45. The Labute approximate surface area is 211 Å². The molecule has 2 N–H and O–H groups in total. The smallest absolute Gasteiger partial charge is 0.253 e. The van der Waals surface area contributed by atoms with Crippen LogP contribution in [0.25, 0.3) is 0 Å². The molecule has 1 heterocycles. The Morgan fingerprint density at radius 1 is 0.594 bits per heavy atom. The summed E-state index contributed by atoms with van der Waals surface area (Å²) < 4.78 is 4.95. The maximum atomic E-state index is 2.47. The SMILES string of the molecule is CCCCCCCCCCCCn1cc[n+](CCCCCCCCCCCC)c1C.O.[Br-]. The van der Waals surface area contributed by atoms with Crippen molar-refractivity contribution in [2.75, 3.05) is 0 Å². The lowest BCUT2D eigenvalue weighted by atomic mass is 10.1. The van der Waals surface area contributed by atoms with Gasteiger partial charge in [-0.25, -0.2) is 9.13 Å². The van der Waals surface area contributed by atoms with Crippen molar-refractivity contribution in [2.24, 2.45) is 0 Å². The molecule has 0 spiro atoms. The highest BCUT2D eigenvalue weighted by molar-refractivity contribution is 4.79. The average Bonchev–Trinajstić information content (AvgIpc) is 3.10. The van der Waals surface area contributed by atoms with Crippen LogP contribution in [0.2, 0.25) is 0 Å². The first kappa shape index (κ1) is 33.8. The Balaban J connectivity index is 0. The van der Waals surface area contributed by atoms with E-state index >= 15 is 0 Å². The third-order valence-corrected chi connectivity index (χ3v) is 6.76. The van der Waals surface area contributed by atoms with Gasteiger partial charge in [-0.15, -0.1) is 0 Å². The zero-order valence-electron chi connectivity index (χ0n) is 22.0. The molecule has 1 aromatic heterocycles. The van der Waals surface area contributed by atoms with Gasteiger partial charge >= 0.3 is 0 Å². The monoisotopic (exact) mass is 516 g/mol. The molecule has 4 heteroatoms. The minimum Gasteiger partial charge on any atom is -1.00 e. The predicted molar refractivity (Wildman–Crippen MR) is 137 cm³/mol. The summed E-state index contributed by atoms with van der Waals surface area (Å²) in [4.78, 5) is 0. The van der Waals surface area contributed by atoms with Gasteiger partial charge < -0.3 is 22.5 Å². The molecule has 3 nitrogen and oxygen atoms in total. The van der Waals surface area contributed by atoms with Crippen LogP contribution in [0.15, 0.2) is 12.4 Å². The highest BCUT2D eigenvalue weighted by atomic mass is 79.9. The van der Waals surface area contributed by atoms with Crippen molar-refractivity contribution in [3.05, 3.63) is 18.2 Å². The lowest BCUT2D eigenvalue weighted by molar-refractivity contribution is -0.702. The first-order valence-corrected chi connectivity index (χ1v) is 13.8. The number of rotatable bonds is 22. The number of nitrogens with zero attached hydrogens (tertiary/aromatic N) is 2. The van der Waals surface area contributed by atoms with Crippen molar-refractivity contribution in [1.29, 1.82) is 0 Å². The van der Waals surface area contributed by atoms with Crippen LogP contribution in [-0.4, -0.2) is 10.0 Å². The van der Waals surface area contributed by atoms with E-state index < -0.39 is 0 Å². The van der Waals surface area contributed by atoms with Crippen LogP contribution in [0.1, 0.15) is 148 Å². The second-order valence-electron chi connectivity index (χ2n) is 9.60. The van der Waals surface area contributed by atoms with Gasteiger partial charge in [0.1, 0.15) is 12.4 Å². The molecule has 0 unspecified atom stereocenters. The molecule has 0 saturated heterocycles. The Bertz CT molecular complexity index is 448. The summed E-state index contributed by atoms with van der Waals surface area (Å²) in [5.41, 5.74) is 0. The minimum atomic E-state index is 0. The van der Waals surface area contributed by atoms with Crippen molar-refractivity contribution in [3.63, 3.8) is 0 Å². The van der Waals surface area contributed by atoms with Crippen LogP contribution in [0.3, 0.4) is 0 Å². The van der Waals surface area contributed by atoms with E-state index in [2.05, 4.69) is 42.3 Å².